The number of nitrogens with one attached hydrogen (secondary N) is 1. The first-order valence-corrected chi connectivity index (χ1v) is 9.55. The highest BCUT2D eigenvalue weighted by Gasteiger charge is 2.30. The number of hydrogen-bond donors (Lipinski definition) is 1. The predicted octanol–water partition coefficient (Wildman–Crippen LogP) is 5.24. The lowest BCUT2D eigenvalue weighted by atomic mass is 9.83. The fourth-order valence-corrected chi connectivity index (χ4v) is 2.92. The summed E-state index contributed by atoms with van der Waals surface area (Å²) in [5.74, 6) is 1.01. The zero-order valence-corrected chi connectivity index (χ0v) is 17.4. The van der Waals surface area contributed by atoms with E-state index in [9.17, 15) is 4.79 Å². The Hall–Kier alpha value is -3.05. The van der Waals surface area contributed by atoms with E-state index < -0.39 is 5.41 Å². The second-order valence-electron chi connectivity index (χ2n) is 7.10. The number of anilines is 1. The lowest BCUT2D eigenvalue weighted by molar-refractivity contribution is -0.120. The molecule has 0 fully saturated rings. The fraction of sp³-hybridized carbons (Fsp3) is 0.217. The standard InChI is InChI=1S/C23H23ClN2O3/c1-23(2,17-4-6-18(24)7-5-17)22(27)26-19-8-9-20(28-3)21(14-19)29-15-16-10-12-25-13-11-16/h4-14H,15H2,1-3H3,(H,26,27). The van der Waals surface area contributed by atoms with Crippen LogP contribution in [0.5, 0.6) is 11.5 Å². The molecule has 0 saturated heterocycles. The Morgan fingerprint density at radius 3 is 2.38 bits per heavy atom. The van der Waals surface area contributed by atoms with Gasteiger partial charge in [0.05, 0.1) is 12.5 Å². The van der Waals surface area contributed by atoms with E-state index in [4.69, 9.17) is 21.1 Å². The fourth-order valence-electron chi connectivity index (χ4n) is 2.79. The van der Waals surface area contributed by atoms with Crippen LogP contribution in [0, 0.1) is 0 Å². The molecule has 0 radical (unpaired) electrons. The Kier molecular flexibility index (Phi) is 6.39. The minimum absolute atomic E-state index is 0.134. The molecular weight excluding hydrogens is 388 g/mol. The molecule has 29 heavy (non-hydrogen) atoms. The first-order valence-electron chi connectivity index (χ1n) is 9.17. The van der Waals surface area contributed by atoms with Crippen LogP contribution in [0.3, 0.4) is 0 Å². The van der Waals surface area contributed by atoms with Crippen LogP contribution < -0.4 is 14.8 Å². The Morgan fingerprint density at radius 2 is 1.72 bits per heavy atom. The van der Waals surface area contributed by atoms with Crippen molar-refractivity contribution in [1.29, 1.82) is 0 Å². The number of nitrogens with zero attached hydrogens (tertiary/aromatic N) is 1. The number of aromatic nitrogens is 1. The van der Waals surface area contributed by atoms with Crippen LogP contribution in [0.15, 0.2) is 67.0 Å². The number of ether oxygens (including phenoxy) is 2. The maximum Gasteiger partial charge on any atom is 0.234 e. The molecule has 0 unspecified atom stereocenters. The molecule has 0 atom stereocenters. The van der Waals surface area contributed by atoms with Gasteiger partial charge in [-0.1, -0.05) is 23.7 Å². The van der Waals surface area contributed by atoms with E-state index in [2.05, 4.69) is 10.3 Å². The number of carbonyl (C=O) groups is 1. The Bertz CT molecular complexity index is 973. The van der Waals surface area contributed by atoms with Gasteiger partial charge in [-0.2, -0.15) is 0 Å². The van der Waals surface area contributed by atoms with Gasteiger partial charge in [-0.05, 0) is 61.4 Å². The van der Waals surface area contributed by atoms with Gasteiger partial charge in [0, 0.05) is 29.2 Å². The highest BCUT2D eigenvalue weighted by atomic mass is 35.5. The molecule has 150 valence electrons. The number of amides is 1. The minimum atomic E-state index is -0.734. The zero-order chi connectivity index (χ0) is 20.9. The maximum atomic E-state index is 12.9. The lowest BCUT2D eigenvalue weighted by Gasteiger charge is -2.24. The number of pyridine rings is 1. The smallest absolute Gasteiger partial charge is 0.234 e. The third kappa shape index (κ3) is 5.06. The third-order valence-electron chi connectivity index (χ3n) is 4.70. The van der Waals surface area contributed by atoms with Crippen molar-refractivity contribution in [3.8, 4) is 11.5 Å². The zero-order valence-electron chi connectivity index (χ0n) is 16.6. The first-order chi connectivity index (χ1) is 13.9. The van der Waals surface area contributed by atoms with Crippen molar-refractivity contribution in [1.82, 2.24) is 4.98 Å². The highest BCUT2D eigenvalue weighted by Crippen LogP contribution is 2.32. The molecule has 3 rings (SSSR count). The highest BCUT2D eigenvalue weighted by molar-refractivity contribution is 6.30. The van der Waals surface area contributed by atoms with Gasteiger partial charge in [-0.3, -0.25) is 9.78 Å². The summed E-state index contributed by atoms with van der Waals surface area (Å²) < 4.78 is 11.3. The molecule has 1 heterocycles. The second-order valence-corrected chi connectivity index (χ2v) is 7.53. The molecule has 6 heteroatoms. The Morgan fingerprint density at radius 1 is 1.03 bits per heavy atom. The van der Waals surface area contributed by atoms with E-state index in [1.165, 1.54) is 0 Å². The van der Waals surface area contributed by atoms with Crippen molar-refractivity contribution in [3.05, 3.63) is 83.1 Å². The SMILES string of the molecule is COc1ccc(NC(=O)C(C)(C)c2ccc(Cl)cc2)cc1OCc1ccncc1. The summed E-state index contributed by atoms with van der Waals surface area (Å²) in [6.45, 7) is 4.11. The third-order valence-corrected chi connectivity index (χ3v) is 4.95. The van der Waals surface area contributed by atoms with Crippen molar-refractivity contribution >= 4 is 23.2 Å². The van der Waals surface area contributed by atoms with Gasteiger partial charge in [-0.25, -0.2) is 0 Å². The van der Waals surface area contributed by atoms with Gasteiger partial charge >= 0.3 is 0 Å². The van der Waals surface area contributed by atoms with E-state index in [1.807, 2.05) is 38.1 Å². The molecule has 1 aromatic heterocycles. The van der Waals surface area contributed by atoms with Crippen LogP contribution >= 0.6 is 11.6 Å². The molecule has 5 nitrogen and oxygen atoms in total. The molecule has 3 aromatic rings. The summed E-state index contributed by atoms with van der Waals surface area (Å²) in [4.78, 5) is 16.9. The topological polar surface area (TPSA) is 60.5 Å². The average molecular weight is 411 g/mol. The number of benzene rings is 2. The van der Waals surface area contributed by atoms with Gasteiger partial charge in [0.2, 0.25) is 5.91 Å². The van der Waals surface area contributed by atoms with Crippen LogP contribution in [0.2, 0.25) is 5.02 Å². The van der Waals surface area contributed by atoms with E-state index in [0.29, 0.717) is 28.8 Å². The molecule has 1 amide bonds. The van der Waals surface area contributed by atoms with Crippen molar-refractivity contribution in [2.45, 2.75) is 25.9 Å². The van der Waals surface area contributed by atoms with Crippen LogP contribution in [0.1, 0.15) is 25.0 Å². The van der Waals surface area contributed by atoms with Crippen molar-refractivity contribution in [2.24, 2.45) is 0 Å². The number of methoxy groups -OCH3 is 1. The Balaban J connectivity index is 1.76. The van der Waals surface area contributed by atoms with Crippen molar-refractivity contribution in [3.63, 3.8) is 0 Å². The summed E-state index contributed by atoms with van der Waals surface area (Å²) in [7, 11) is 1.58. The number of rotatable bonds is 7. The van der Waals surface area contributed by atoms with Crippen LogP contribution in [0.25, 0.3) is 0 Å². The maximum absolute atomic E-state index is 12.9. The first kappa shape index (κ1) is 20.7. The van der Waals surface area contributed by atoms with Crippen LogP contribution in [0.4, 0.5) is 5.69 Å². The largest absolute Gasteiger partial charge is 0.493 e. The molecule has 0 bridgehead atoms. The molecule has 2 aromatic carbocycles. The predicted molar refractivity (Wildman–Crippen MR) is 115 cm³/mol. The van der Waals surface area contributed by atoms with Gasteiger partial charge in [0.15, 0.2) is 11.5 Å². The number of carbonyl (C=O) groups excluding carboxylic acids is 1. The summed E-state index contributed by atoms with van der Waals surface area (Å²) in [5.41, 5.74) is 1.76. The summed E-state index contributed by atoms with van der Waals surface area (Å²) >= 11 is 5.96. The van der Waals surface area contributed by atoms with Gasteiger partial charge < -0.3 is 14.8 Å². The lowest BCUT2D eigenvalue weighted by Crippen LogP contribution is -2.34. The van der Waals surface area contributed by atoms with E-state index in [-0.39, 0.29) is 5.91 Å². The monoisotopic (exact) mass is 410 g/mol. The summed E-state index contributed by atoms with van der Waals surface area (Å²) in [6.07, 6.45) is 3.43. The molecule has 0 aliphatic heterocycles. The van der Waals surface area contributed by atoms with E-state index in [1.54, 1.807) is 49.8 Å². The van der Waals surface area contributed by atoms with Gasteiger partial charge in [0.1, 0.15) is 6.61 Å². The van der Waals surface area contributed by atoms with Crippen LogP contribution in [-0.2, 0) is 16.8 Å². The molecule has 0 saturated carbocycles. The summed E-state index contributed by atoms with van der Waals surface area (Å²) in [6, 6.07) is 16.4. The van der Waals surface area contributed by atoms with E-state index in [0.717, 1.165) is 11.1 Å². The normalized spacial score (nSPS) is 11.0. The molecule has 0 aliphatic carbocycles. The number of halogens is 1. The summed E-state index contributed by atoms with van der Waals surface area (Å²) in [5, 5.41) is 3.60. The van der Waals surface area contributed by atoms with Crippen molar-refractivity contribution in [2.75, 3.05) is 12.4 Å². The second kappa shape index (κ2) is 8.97. The Labute approximate surface area is 175 Å². The number of hydrogen-bond acceptors (Lipinski definition) is 4. The molecule has 0 aliphatic rings. The van der Waals surface area contributed by atoms with E-state index >= 15 is 0 Å². The van der Waals surface area contributed by atoms with Gasteiger partial charge in [0.25, 0.3) is 0 Å². The molecular formula is C23H23ClN2O3. The average Bonchev–Trinajstić information content (AvgIpc) is 2.73. The van der Waals surface area contributed by atoms with Gasteiger partial charge in [-0.15, -0.1) is 0 Å². The molecule has 1 N–H and O–H groups in total. The minimum Gasteiger partial charge on any atom is -0.493 e. The molecule has 0 spiro atoms. The van der Waals surface area contributed by atoms with Crippen LogP contribution in [-0.4, -0.2) is 18.0 Å². The quantitative estimate of drug-likeness (QED) is 0.578. The van der Waals surface area contributed by atoms with Crippen molar-refractivity contribution < 1.29 is 14.3 Å².